The summed E-state index contributed by atoms with van der Waals surface area (Å²) in [5, 5.41) is 15.5. The average Bonchev–Trinajstić information content (AvgIpc) is 3.35. The molecule has 3 aromatic carbocycles. The van der Waals surface area contributed by atoms with Crippen LogP contribution in [0.2, 0.25) is 0 Å². The van der Waals surface area contributed by atoms with Gasteiger partial charge in [0.1, 0.15) is 0 Å². The van der Waals surface area contributed by atoms with Crippen LogP contribution < -0.4 is 10.6 Å². The minimum atomic E-state index is -0.485. The van der Waals surface area contributed by atoms with Gasteiger partial charge in [-0.3, -0.25) is 14.5 Å². The number of carbonyl (C=O) groups is 2. The number of rotatable bonds is 14. The summed E-state index contributed by atoms with van der Waals surface area (Å²) >= 11 is 0. The number of fused-ring (bicyclic) bond motifs is 2. The van der Waals surface area contributed by atoms with E-state index in [2.05, 4.69) is 84.8 Å². The highest BCUT2D eigenvalue weighted by Crippen LogP contribution is 2.53. The van der Waals surface area contributed by atoms with Crippen LogP contribution in [-0.4, -0.2) is 53.6 Å². The van der Waals surface area contributed by atoms with E-state index in [1.165, 1.54) is 26.2 Å². The Morgan fingerprint density at radius 2 is 1.63 bits per heavy atom. The van der Waals surface area contributed by atoms with Gasteiger partial charge in [-0.2, -0.15) is 0 Å². The standard InChI is InChI=1S/C43H57N3O5/c1-30(48)44-20-7-5-6-11-40(49)45-25-32-9-8-10-36(21-32)33-16-18-35(19-17-33)41-50-38(22-39(51-41)34-14-12-31(27-47)13-15-34)26-46-29-43(4)24-37(46)23-42(2,3)28-43/h8-10,12-19,21,37-39,41,47H,5-7,11,20,22-29H2,1-4H3,(H,44,48)(H,45,49). The van der Waals surface area contributed by atoms with E-state index >= 15 is 0 Å². The van der Waals surface area contributed by atoms with Crippen molar-refractivity contribution in [1.82, 2.24) is 15.5 Å². The van der Waals surface area contributed by atoms with Gasteiger partial charge in [0.15, 0.2) is 6.29 Å². The van der Waals surface area contributed by atoms with Crippen molar-refractivity contribution in [3.63, 3.8) is 0 Å². The van der Waals surface area contributed by atoms with Gasteiger partial charge in [0.2, 0.25) is 11.8 Å². The molecule has 5 atom stereocenters. The number of benzene rings is 3. The second-order valence-corrected chi connectivity index (χ2v) is 16.4. The molecule has 0 aromatic heterocycles. The third-order valence-corrected chi connectivity index (χ3v) is 11.0. The van der Waals surface area contributed by atoms with Crippen molar-refractivity contribution in [1.29, 1.82) is 0 Å². The highest BCUT2D eigenvalue weighted by atomic mass is 16.7. The first-order chi connectivity index (χ1) is 24.5. The maximum absolute atomic E-state index is 12.4. The van der Waals surface area contributed by atoms with Crippen molar-refractivity contribution in [2.45, 2.75) is 117 Å². The first-order valence-corrected chi connectivity index (χ1v) is 18.9. The van der Waals surface area contributed by atoms with Gasteiger partial charge in [0, 0.05) is 57.5 Å². The van der Waals surface area contributed by atoms with E-state index in [0.717, 1.165) is 72.2 Å². The number of aliphatic hydroxyl groups is 1. The molecule has 3 N–H and O–H groups in total. The summed E-state index contributed by atoms with van der Waals surface area (Å²) < 4.78 is 13.5. The van der Waals surface area contributed by atoms with Crippen LogP contribution in [0, 0.1) is 10.8 Å². The summed E-state index contributed by atoms with van der Waals surface area (Å²) in [4.78, 5) is 26.1. The van der Waals surface area contributed by atoms with Crippen molar-refractivity contribution in [2.24, 2.45) is 10.8 Å². The van der Waals surface area contributed by atoms with Gasteiger partial charge in [0.25, 0.3) is 0 Å². The number of hydrogen-bond acceptors (Lipinski definition) is 6. The Balaban J connectivity index is 1.09. The number of unbranched alkanes of at least 4 members (excludes halogenated alkanes) is 2. The number of carbonyl (C=O) groups excluding carboxylic acids is 2. The van der Waals surface area contributed by atoms with Crippen molar-refractivity contribution >= 4 is 11.8 Å². The van der Waals surface area contributed by atoms with Gasteiger partial charge < -0.3 is 25.2 Å². The smallest absolute Gasteiger partial charge is 0.220 e. The average molecular weight is 696 g/mol. The zero-order chi connectivity index (χ0) is 36.0. The fourth-order valence-electron chi connectivity index (χ4n) is 8.92. The van der Waals surface area contributed by atoms with E-state index < -0.39 is 6.29 Å². The number of amides is 2. The normalized spacial score (nSPS) is 25.7. The Kier molecular flexibility index (Phi) is 12.0. The molecule has 2 aliphatic heterocycles. The molecule has 6 rings (SSSR count). The fourth-order valence-corrected chi connectivity index (χ4v) is 8.92. The topological polar surface area (TPSA) is 100 Å². The van der Waals surface area contributed by atoms with Crippen molar-refractivity contribution in [3.8, 4) is 11.1 Å². The molecule has 8 heteroatoms. The van der Waals surface area contributed by atoms with E-state index in [9.17, 15) is 14.7 Å². The summed E-state index contributed by atoms with van der Waals surface area (Å²) in [6.07, 6.45) is 7.09. The summed E-state index contributed by atoms with van der Waals surface area (Å²) in [6, 6.07) is 25.5. The highest BCUT2D eigenvalue weighted by molar-refractivity contribution is 5.76. The van der Waals surface area contributed by atoms with Crippen LogP contribution in [0.5, 0.6) is 0 Å². The largest absolute Gasteiger partial charge is 0.392 e. The first-order valence-electron chi connectivity index (χ1n) is 18.9. The molecule has 5 unspecified atom stereocenters. The summed E-state index contributed by atoms with van der Waals surface area (Å²) in [5.74, 6) is 0.0274. The molecule has 3 aromatic rings. The lowest BCUT2D eigenvalue weighted by atomic mass is 9.65. The third-order valence-electron chi connectivity index (χ3n) is 11.0. The second-order valence-electron chi connectivity index (χ2n) is 16.4. The summed E-state index contributed by atoms with van der Waals surface area (Å²) in [7, 11) is 0. The van der Waals surface area contributed by atoms with E-state index in [1.54, 1.807) is 0 Å². The van der Waals surface area contributed by atoms with Crippen LogP contribution in [-0.2, 0) is 32.2 Å². The molecule has 0 spiro atoms. The summed E-state index contributed by atoms with van der Waals surface area (Å²) in [5.41, 5.74) is 6.97. The number of ether oxygens (including phenoxy) is 2. The van der Waals surface area contributed by atoms with Gasteiger partial charge in [-0.1, -0.05) is 93.9 Å². The lowest BCUT2D eigenvalue weighted by molar-refractivity contribution is -0.253. The van der Waals surface area contributed by atoms with Crippen LogP contribution in [0.3, 0.4) is 0 Å². The molecule has 274 valence electrons. The van der Waals surface area contributed by atoms with Crippen LogP contribution in [0.25, 0.3) is 11.1 Å². The number of nitrogens with one attached hydrogen (secondary N) is 2. The predicted octanol–water partition coefficient (Wildman–Crippen LogP) is 7.60. The van der Waals surface area contributed by atoms with Crippen LogP contribution >= 0.6 is 0 Å². The minimum Gasteiger partial charge on any atom is -0.392 e. The molecule has 2 amide bonds. The third kappa shape index (κ3) is 10.1. The molecular weight excluding hydrogens is 638 g/mol. The fraction of sp³-hybridized carbons (Fsp3) is 0.535. The van der Waals surface area contributed by atoms with Crippen LogP contribution in [0.15, 0.2) is 72.8 Å². The van der Waals surface area contributed by atoms with Crippen LogP contribution in [0.4, 0.5) is 0 Å². The van der Waals surface area contributed by atoms with E-state index in [-0.39, 0.29) is 30.6 Å². The predicted molar refractivity (Wildman–Crippen MR) is 200 cm³/mol. The molecule has 0 radical (unpaired) electrons. The van der Waals surface area contributed by atoms with Crippen molar-refractivity contribution in [2.75, 3.05) is 19.6 Å². The van der Waals surface area contributed by atoms with Gasteiger partial charge in [-0.05, 0) is 76.8 Å². The maximum Gasteiger partial charge on any atom is 0.220 e. The summed E-state index contributed by atoms with van der Waals surface area (Å²) in [6.45, 7) is 12.0. The molecule has 3 fully saturated rings. The molecule has 8 nitrogen and oxygen atoms in total. The molecule has 2 saturated heterocycles. The Hall–Kier alpha value is -3.56. The molecule has 2 bridgehead atoms. The number of hydrogen-bond donors (Lipinski definition) is 3. The molecule has 3 aliphatic rings. The van der Waals surface area contributed by atoms with Crippen molar-refractivity contribution < 1.29 is 24.2 Å². The van der Waals surface area contributed by atoms with Gasteiger partial charge >= 0.3 is 0 Å². The second kappa shape index (κ2) is 16.4. The van der Waals surface area contributed by atoms with Gasteiger partial charge in [-0.15, -0.1) is 0 Å². The first kappa shape index (κ1) is 37.2. The van der Waals surface area contributed by atoms with Gasteiger partial charge in [0.05, 0.1) is 18.8 Å². The van der Waals surface area contributed by atoms with E-state index in [0.29, 0.717) is 36.4 Å². The molecular formula is C43H57N3O5. The number of likely N-dealkylation sites (tertiary alicyclic amines) is 1. The monoisotopic (exact) mass is 695 g/mol. The van der Waals surface area contributed by atoms with Crippen LogP contribution in [0.1, 0.15) is 114 Å². The van der Waals surface area contributed by atoms with Gasteiger partial charge in [-0.25, -0.2) is 0 Å². The lowest BCUT2D eigenvalue weighted by Gasteiger charge is -2.41. The number of nitrogens with zero attached hydrogens (tertiary/aromatic N) is 1. The highest BCUT2D eigenvalue weighted by Gasteiger charge is 2.50. The molecule has 51 heavy (non-hydrogen) atoms. The maximum atomic E-state index is 12.4. The minimum absolute atomic E-state index is 0.0175. The zero-order valence-corrected chi connectivity index (χ0v) is 31.0. The number of aliphatic hydroxyl groups excluding tert-OH is 1. The SMILES string of the molecule is CC(=O)NCCCCCC(=O)NCc1cccc(-c2ccc(C3OC(CN4CC5(C)CC4CC(C)(C)C5)CC(c4ccc(CO)cc4)O3)cc2)c1. The molecule has 1 aliphatic carbocycles. The molecule has 1 saturated carbocycles. The Bertz CT molecular complexity index is 1620. The molecule has 2 heterocycles. The Labute approximate surface area is 304 Å². The van der Waals surface area contributed by atoms with E-state index in [1.807, 2.05) is 24.3 Å². The lowest BCUT2D eigenvalue weighted by Crippen LogP contribution is -2.42. The quantitative estimate of drug-likeness (QED) is 0.150. The zero-order valence-electron chi connectivity index (χ0n) is 31.0. The Morgan fingerprint density at radius 3 is 2.37 bits per heavy atom. The van der Waals surface area contributed by atoms with Crippen molar-refractivity contribution in [3.05, 3.63) is 95.1 Å². The Morgan fingerprint density at radius 1 is 0.863 bits per heavy atom. The van der Waals surface area contributed by atoms with E-state index in [4.69, 9.17) is 9.47 Å².